The maximum Gasteiger partial charge on any atom is 0.420 e. The molecule has 1 aromatic carbocycles. The van der Waals surface area contributed by atoms with Crippen molar-refractivity contribution in [1.82, 2.24) is 5.32 Å². The van der Waals surface area contributed by atoms with Crippen LogP contribution in [0.15, 0.2) is 24.3 Å². The standard InChI is InChI=1S/C11H11N3O5/c12-9(16)8(5-15)6-1-3-7(4-2-6)19-11(18)14-10(13)17/h1-5,8H,(H2,12,16)(H3,13,14,17,18). The average Bonchev–Trinajstić information content (AvgIpc) is 2.30. The lowest BCUT2D eigenvalue weighted by atomic mass is 10.0. The Balaban J connectivity index is 2.76. The van der Waals surface area contributed by atoms with E-state index in [9.17, 15) is 19.2 Å². The molecular weight excluding hydrogens is 254 g/mol. The molecule has 19 heavy (non-hydrogen) atoms. The number of amides is 4. The van der Waals surface area contributed by atoms with E-state index < -0.39 is 23.9 Å². The van der Waals surface area contributed by atoms with Crippen LogP contribution < -0.4 is 21.5 Å². The molecule has 4 amide bonds. The SMILES string of the molecule is NC(=O)NC(=O)Oc1ccc(C(C=O)C(N)=O)cc1. The smallest absolute Gasteiger partial charge is 0.410 e. The van der Waals surface area contributed by atoms with Crippen molar-refractivity contribution in [3.63, 3.8) is 0 Å². The van der Waals surface area contributed by atoms with Crippen molar-refractivity contribution in [2.75, 3.05) is 0 Å². The Morgan fingerprint density at radius 2 is 1.74 bits per heavy atom. The van der Waals surface area contributed by atoms with Crippen molar-refractivity contribution < 1.29 is 23.9 Å². The van der Waals surface area contributed by atoms with Gasteiger partial charge in [0.05, 0.1) is 0 Å². The van der Waals surface area contributed by atoms with Crippen LogP contribution in [0, 0.1) is 0 Å². The van der Waals surface area contributed by atoms with E-state index in [0.29, 0.717) is 11.8 Å². The van der Waals surface area contributed by atoms with Gasteiger partial charge in [-0.25, -0.2) is 14.9 Å². The minimum absolute atomic E-state index is 0.108. The Morgan fingerprint density at radius 3 is 2.16 bits per heavy atom. The first kappa shape index (κ1) is 14.2. The molecule has 5 N–H and O–H groups in total. The summed E-state index contributed by atoms with van der Waals surface area (Å²) in [6, 6.07) is 4.44. The van der Waals surface area contributed by atoms with Gasteiger partial charge in [0.1, 0.15) is 18.0 Å². The molecule has 1 aromatic rings. The second-order valence-electron chi connectivity index (χ2n) is 3.46. The number of nitrogens with one attached hydrogen (secondary N) is 1. The number of rotatable bonds is 4. The lowest BCUT2D eigenvalue weighted by molar-refractivity contribution is -0.123. The number of hydrogen-bond donors (Lipinski definition) is 3. The zero-order valence-corrected chi connectivity index (χ0v) is 9.66. The molecule has 0 aliphatic rings. The molecule has 8 nitrogen and oxygen atoms in total. The maximum absolute atomic E-state index is 11.0. The predicted molar refractivity (Wildman–Crippen MR) is 63.2 cm³/mol. The fourth-order valence-electron chi connectivity index (χ4n) is 1.29. The third kappa shape index (κ3) is 4.11. The van der Waals surface area contributed by atoms with E-state index in [0.717, 1.165) is 0 Å². The lowest BCUT2D eigenvalue weighted by Gasteiger charge is -2.08. The maximum atomic E-state index is 11.0. The molecule has 0 fully saturated rings. The van der Waals surface area contributed by atoms with Crippen LogP contribution in [0.1, 0.15) is 11.5 Å². The lowest BCUT2D eigenvalue weighted by Crippen LogP contribution is -2.36. The van der Waals surface area contributed by atoms with E-state index in [4.69, 9.17) is 16.2 Å². The van der Waals surface area contributed by atoms with Crippen LogP contribution in [0.2, 0.25) is 0 Å². The van der Waals surface area contributed by atoms with Gasteiger partial charge in [-0.15, -0.1) is 0 Å². The molecule has 0 spiro atoms. The van der Waals surface area contributed by atoms with Gasteiger partial charge in [0, 0.05) is 0 Å². The van der Waals surface area contributed by atoms with Crippen LogP contribution in [-0.2, 0) is 9.59 Å². The highest BCUT2D eigenvalue weighted by molar-refractivity contribution is 5.96. The highest BCUT2D eigenvalue weighted by Gasteiger charge is 2.16. The summed E-state index contributed by atoms with van der Waals surface area (Å²) in [5, 5.41) is 1.71. The number of primary amides is 2. The van der Waals surface area contributed by atoms with Crippen LogP contribution in [-0.4, -0.2) is 24.3 Å². The zero-order chi connectivity index (χ0) is 14.4. The first-order chi connectivity index (χ1) is 8.93. The summed E-state index contributed by atoms with van der Waals surface area (Å²) < 4.78 is 4.70. The number of benzene rings is 1. The molecule has 1 atom stereocenters. The van der Waals surface area contributed by atoms with Gasteiger partial charge in [0.2, 0.25) is 5.91 Å². The molecule has 0 saturated heterocycles. The zero-order valence-electron chi connectivity index (χ0n) is 9.66. The molecule has 8 heteroatoms. The second-order valence-corrected chi connectivity index (χ2v) is 3.46. The van der Waals surface area contributed by atoms with Crippen molar-refractivity contribution in [1.29, 1.82) is 0 Å². The minimum atomic E-state index is -1.06. The van der Waals surface area contributed by atoms with Crippen molar-refractivity contribution in [3.05, 3.63) is 29.8 Å². The molecule has 0 saturated carbocycles. The van der Waals surface area contributed by atoms with Gasteiger partial charge in [-0.05, 0) is 17.7 Å². The highest BCUT2D eigenvalue weighted by Crippen LogP contribution is 2.18. The fraction of sp³-hybridized carbons (Fsp3) is 0.0909. The predicted octanol–water partition coefficient (Wildman–Crippen LogP) is -0.378. The number of carbonyl (C=O) groups is 4. The summed E-state index contributed by atoms with van der Waals surface area (Å²) >= 11 is 0. The number of hydrogen-bond acceptors (Lipinski definition) is 5. The summed E-state index contributed by atoms with van der Waals surface area (Å²) in [7, 11) is 0. The van der Waals surface area contributed by atoms with E-state index >= 15 is 0 Å². The van der Waals surface area contributed by atoms with Crippen LogP contribution in [0.3, 0.4) is 0 Å². The van der Waals surface area contributed by atoms with Gasteiger partial charge in [0.15, 0.2) is 0 Å². The number of nitrogens with two attached hydrogens (primary N) is 2. The molecule has 1 unspecified atom stereocenters. The Morgan fingerprint density at radius 1 is 1.16 bits per heavy atom. The second kappa shape index (κ2) is 6.15. The van der Waals surface area contributed by atoms with Crippen molar-refractivity contribution in [2.24, 2.45) is 11.5 Å². The molecular formula is C11H11N3O5. The highest BCUT2D eigenvalue weighted by atomic mass is 16.6. The van der Waals surface area contributed by atoms with Crippen molar-refractivity contribution >= 4 is 24.3 Å². The van der Waals surface area contributed by atoms with Crippen LogP contribution >= 0.6 is 0 Å². The molecule has 100 valence electrons. The molecule has 0 radical (unpaired) electrons. The topological polar surface area (TPSA) is 142 Å². The number of urea groups is 1. The van der Waals surface area contributed by atoms with Gasteiger partial charge in [-0.2, -0.15) is 0 Å². The van der Waals surface area contributed by atoms with Gasteiger partial charge in [0.25, 0.3) is 0 Å². The third-order valence-corrected chi connectivity index (χ3v) is 2.12. The summed E-state index contributed by atoms with van der Waals surface area (Å²) in [4.78, 5) is 43.1. The minimum Gasteiger partial charge on any atom is -0.410 e. The van der Waals surface area contributed by atoms with E-state index in [1.54, 1.807) is 5.32 Å². The molecule has 0 bridgehead atoms. The van der Waals surface area contributed by atoms with Crippen LogP contribution in [0.25, 0.3) is 0 Å². The van der Waals surface area contributed by atoms with Gasteiger partial charge in [-0.3, -0.25) is 4.79 Å². The van der Waals surface area contributed by atoms with E-state index in [1.807, 2.05) is 0 Å². The average molecular weight is 265 g/mol. The largest absolute Gasteiger partial charge is 0.420 e. The molecule has 0 aromatic heterocycles. The first-order valence-corrected chi connectivity index (χ1v) is 5.07. The van der Waals surface area contributed by atoms with Gasteiger partial charge in [-0.1, -0.05) is 12.1 Å². The van der Waals surface area contributed by atoms with E-state index in [1.165, 1.54) is 24.3 Å². The Hall–Kier alpha value is -2.90. The first-order valence-electron chi connectivity index (χ1n) is 5.07. The van der Waals surface area contributed by atoms with Gasteiger partial charge < -0.3 is 21.0 Å². The van der Waals surface area contributed by atoms with Crippen LogP contribution in [0.4, 0.5) is 9.59 Å². The summed E-state index contributed by atoms with van der Waals surface area (Å²) in [5.74, 6) is -1.74. The molecule has 1 rings (SSSR count). The van der Waals surface area contributed by atoms with Crippen molar-refractivity contribution in [2.45, 2.75) is 5.92 Å². The number of carbonyl (C=O) groups excluding carboxylic acids is 4. The summed E-state index contributed by atoms with van der Waals surface area (Å²) in [5.41, 5.74) is 10.1. The third-order valence-electron chi connectivity index (χ3n) is 2.12. The van der Waals surface area contributed by atoms with Crippen LogP contribution in [0.5, 0.6) is 5.75 Å². The Kier molecular flexibility index (Phi) is 4.58. The Bertz CT molecular complexity index is 512. The van der Waals surface area contributed by atoms with Crippen molar-refractivity contribution in [3.8, 4) is 5.75 Å². The summed E-state index contributed by atoms with van der Waals surface area (Å²) in [6.07, 6.45) is -0.625. The van der Waals surface area contributed by atoms with E-state index in [2.05, 4.69) is 0 Å². The monoisotopic (exact) mass is 265 g/mol. The number of ether oxygens (including phenoxy) is 1. The number of imide groups is 1. The Labute approximate surface area is 107 Å². The summed E-state index contributed by atoms with van der Waals surface area (Å²) in [6.45, 7) is 0. The quantitative estimate of drug-likeness (QED) is 0.502. The normalized spacial score (nSPS) is 11.2. The number of aldehydes is 1. The molecule has 0 aliphatic carbocycles. The van der Waals surface area contributed by atoms with Gasteiger partial charge >= 0.3 is 12.1 Å². The molecule has 0 heterocycles. The van der Waals surface area contributed by atoms with E-state index in [-0.39, 0.29) is 5.75 Å². The molecule has 0 aliphatic heterocycles. The fourth-order valence-corrected chi connectivity index (χ4v) is 1.29.